The summed E-state index contributed by atoms with van der Waals surface area (Å²) < 4.78 is 0. The maximum absolute atomic E-state index is 2.59. The Morgan fingerprint density at radius 1 is 0.429 bits per heavy atom. The molecule has 2 saturated heterocycles. The minimum atomic E-state index is 0. The van der Waals surface area contributed by atoms with Gasteiger partial charge in [-0.25, -0.2) is 10.0 Å². The van der Waals surface area contributed by atoms with Crippen LogP contribution >= 0.6 is 24.8 Å². The van der Waals surface area contributed by atoms with E-state index in [1.54, 1.807) is 0 Å². The van der Waals surface area contributed by atoms with Gasteiger partial charge in [-0.05, 0) is 25.7 Å². The number of hydrogen-bond donors (Lipinski definition) is 0. The van der Waals surface area contributed by atoms with Crippen molar-refractivity contribution in [2.45, 2.75) is 38.5 Å². The topological polar surface area (TPSA) is 6.48 Å². The van der Waals surface area contributed by atoms with Gasteiger partial charge in [0.25, 0.3) is 0 Å². The third-order valence-corrected chi connectivity index (χ3v) is 3.06. The van der Waals surface area contributed by atoms with E-state index in [1.165, 1.54) is 64.7 Å². The minimum absolute atomic E-state index is 0. The quantitative estimate of drug-likeness (QED) is 0.696. The van der Waals surface area contributed by atoms with Crippen molar-refractivity contribution in [1.29, 1.82) is 0 Å². The first-order valence-corrected chi connectivity index (χ1v) is 5.46. The molecule has 0 aromatic rings. The minimum Gasteiger partial charge on any atom is -0.242 e. The molecule has 0 aromatic heterocycles. The molecule has 2 nitrogen and oxygen atoms in total. The summed E-state index contributed by atoms with van der Waals surface area (Å²) in [6.07, 6.45) is 8.55. The van der Waals surface area contributed by atoms with Crippen LogP contribution in [0.1, 0.15) is 38.5 Å². The third-order valence-electron chi connectivity index (χ3n) is 3.06. The van der Waals surface area contributed by atoms with Crippen molar-refractivity contribution >= 4 is 24.8 Å². The van der Waals surface area contributed by atoms with E-state index in [4.69, 9.17) is 0 Å². The molecule has 0 amide bonds. The van der Waals surface area contributed by atoms with Crippen molar-refractivity contribution in [3.63, 3.8) is 0 Å². The first-order chi connectivity index (χ1) is 5.97. The predicted molar refractivity (Wildman–Crippen MR) is 65.3 cm³/mol. The Hall–Kier alpha value is 0.500. The molecule has 0 spiro atoms. The van der Waals surface area contributed by atoms with Gasteiger partial charge in [-0.1, -0.05) is 12.8 Å². The van der Waals surface area contributed by atoms with Crippen LogP contribution in [0.5, 0.6) is 0 Å². The lowest BCUT2D eigenvalue weighted by molar-refractivity contribution is -0.0518. The van der Waals surface area contributed by atoms with Crippen LogP contribution in [0, 0.1) is 0 Å². The Labute approximate surface area is 99.8 Å². The Morgan fingerprint density at radius 2 is 0.714 bits per heavy atom. The van der Waals surface area contributed by atoms with Gasteiger partial charge in [0.1, 0.15) is 0 Å². The van der Waals surface area contributed by atoms with E-state index in [0.29, 0.717) is 0 Å². The summed E-state index contributed by atoms with van der Waals surface area (Å²) in [5.41, 5.74) is 0. The molecule has 0 atom stereocenters. The predicted octanol–water partition coefficient (Wildman–Crippen LogP) is 2.72. The van der Waals surface area contributed by atoms with Gasteiger partial charge in [0, 0.05) is 26.2 Å². The van der Waals surface area contributed by atoms with Gasteiger partial charge in [0.05, 0.1) is 0 Å². The average Bonchev–Trinajstić information content (AvgIpc) is 2.21. The molecule has 0 aromatic carbocycles. The highest BCUT2D eigenvalue weighted by Crippen LogP contribution is 2.16. The second-order valence-electron chi connectivity index (χ2n) is 4.03. The van der Waals surface area contributed by atoms with Crippen LogP contribution in [-0.4, -0.2) is 36.2 Å². The Balaban J connectivity index is 0.000000845. The molecular weight excluding hydrogens is 219 g/mol. The molecule has 0 aliphatic carbocycles. The van der Waals surface area contributed by atoms with Gasteiger partial charge >= 0.3 is 0 Å². The van der Waals surface area contributed by atoms with E-state index >= 15 is 0 Å². The highest BCUT2D eigenvalue weighted by Gasteiger charge is 2.19. The standard InChI is InChI=1S/C10H20N2.2ClH/c1-3-7-11(8-4-1)12-9-5-2-6-10-12;;/h1-10H2;2*1H. The second kappa shape index (κ2) is 7.75. The largest absolute Gasteiger partial charge is 0.242 e. The van der Waals surface area contributed by atoms with Crippen molar-refractivity contribution < 1.29 is 0 Å². The summed E-state index contributed by atoms with van der Waals surface area (Å²) in [7, 11) is 0. The van der Waals surface area contributed by atoms with Crippen molar-refractivity contribution in [2.75, 3.05) is 26.2 Å². The second-order valence-corrected chi connectivity index (χ2v) is 4.03. The van der Waals surface area contributed by atoms with Crippen LogP contribution in [-0.2, 0) is 0 Å². The lowest BCUT2D eigenvalue weighted by Crippen LogP contribution is -2.47. The fraction of sp³-hybridized carbons (Fsp3) is 1.00. The van der Waals surface area contributed by atoms with E-state index in [1.807, 2.05) is 0 Å². The number of nitrogens with zero attached hydrogens (tertiary/aromatic N) is 2. The zero-order chi connectivity index (χ0) is 8.23. The van der Waals surface area contributed by atoms with Crippen molar-refractivity contribution in [1.82, 2.24) is 10.0 Å². The number of halogens is 2. The molecule has 0 bridgehead atoms. The van der Waals surface area contributed by atoms with Crippen LogP contribution in [0.2, 0.25) is 0 Å². The summed E-state index contributed by atoms with van der Waals surface area (Å²) in [6, 6.07) is 0. The first-order valence-electron chi connectivity index (χ1n) is 5.46. The molecule has 0 radical (unpaired) electrons. The van der Waals surface area contributed by atoms with Crippen LogP contribution in [0.15, 0.2) is 0 Å². The molecule has 4 heteroatoms. The van der Waals surface area contributed by atoms with Crippen LogP contribution in [0.3, 0.4) is 0 Å². The Bertz CT molecular complexity index is 116. The number of rotatable bonds is 1. The normalized spacial score (nSPS) is 24.9. The van der Waals surface area contributed by atoms with Crippen LogP contribution in [0.4, 0.5) is 0 Å². The van der Waals surface area contributed by atoms with Gasteiger partial charge < -0.3 is 0 Å². The molecule has 2 heterocycles. The molecule has 2 fully saturated rings. The van der Waals surface area contributed by atoms with Gasteiger partial charge in [0.15, 0.2) is 0 Å². The number of hydrogen-bond acceptors (Lipinski definition) is 2. The molecule has 14 heavy (non-hydrogen) atoms. The highest BCUT2D eigenvalue weighted by atomic mass is 35.5. The lowest BCUT2D eigenvalue weighted by atomic mass is 10.1. The lowest BCUT2D eigenvalue weighted by Gasteiger charge is -2.39. The van der Waals surface area contributed by atoms with Crippen LogP contribution in [0.25, 0.3) is 0 Å². The van der Waals surface area contributed by atoms with E-state index in [0.717, 1.165) is 0 Å². The van der Waals surface area contributed by atoms with Crippen molar-refractivity contribution in [3.8, 4) is 0 Å². The summed E-state index contributed by atoms with van der Waals surface area (Å²) in [5, 5.41) is 5.17. The van der Waals surface area contributed by atoms with E-state index in [-0.39, 0.29) is 24.8 Å². The fourth-order valence-electron chi connectivity index (χ4n) is 2.32. The fourth-order valence-corrected chi connectivity index (χ4v) is 2.32. The van der Waals surface area contributed by atoms with Gasteiger partial charge in [-0.3, -0.25) is 0 Å². The SMILES string of the molecule is C1CCN(N2CCCCC2)CC1.Cl.Cl. The average molecular weight is 241 g/mol. The molecule has 0 unspecified atom stereocenters. The summed E-state index contributed by atoms with van der Waals surface area (Å²) in [5.74, 6) is 0. The Morgan fingerprint density at radius 3 is 1.00 bits per heavy atom. The monoisotopic (exact) mass is 240 g/mol. The molecule has 0 N–H and O–H groups in total. The van der Waals surface area contributed by atoms with Crippen LogP contribution < -0.4 is 0 Å². The molecule has 86 valence electrons. The third kappa shape index (κ3) is 3.93. The van der Waals surface area contributed by atoms with E-state index in [9.17, 15) is 0 Å². The maximum atomic E-state index is 2.59. The van der Waals surface area contributed by atoms with Gasteiger partial charge in [0.2, 0.25) is 0 Å². The maximum Gasteiger partial charge on any atom is 0.0133 e. The highest BCUT2D eigenvalue weighted by molar-refractivity contribution is 5.85. The van der Waals surface area contributed by atoms with Gasteiger partial charge in [-0.2, -0.15) is 0 Å². The molecular formula is C10H22Cl2N2. The summed E-state index contributed by atoms with van der Waals surface area (Å²) in [6.45, 7) is 5.28. The summed E-state index contributed by atoms with van der Waals surface area (Å²) >= 11 is 0. The summed E-state index contributed by atoms with van der Waals surface area (Å²) in [4.78, 5) is 0. The molecule has 0 saturated carbocycles. The van der Waals surface area contributed by atoms with E-state index < -0.39 is 0 Å². The number of piperidine rings is 2. The smallest absolute Gasteiger partial charge is 0.0133 e. The zero-order valence-electron chi connectivity index (χ0n) is 8.78. The Kier molecular flexibility index (Phi) is 8.02. The molecule has 2 aliphatic rings. The van der Waals surface area contributed by atoms with E-state index in [2.05, 4.69) is 10.0 Å². The van der Waals surface area contributed by atoms with Gasteiger partial charge in [-0.15, -0.1) is 24.8 Å². The molecule has 2 aliphatic heterocycles. The first kappa shape index (κ1) is 14.5. The molecule has 2 rings (SSSR count). The zero-order valence-corrected chi connectivity index (χ0v) is 10.4. The van der Waals surface area contributed by atoms with Crippen molar-refractivity contribution in [2.24, 2.45) is 0 Å². The number of hydrazine groups is 1. The van der Waals surface area contributed by atoms with Crippen molar-refractivity contribution in [3.05, 3.63) is 0 Å².